The Hall–Kier alpha value is -2.23. The van der Waals surface area contributed by atoms with Gasteiger partial charge >= 0.3 is 6.18 Å². The third-order valence-electron chi connectivity index (χ3n) is 3.98. The molecule has 0 bridgehead atoms. The minimum atomic E-state index is -4.45. The highest BCUT2D eigenvalue weighted by atomic mass is 32.2. The van der Waals surface area contributed by atoms with Crippen LogP contribution < -0.4 is 10.0 Å². The largest absolute Gasteiger partial charge is 0.395 e. The number of hydrogen-bond donors (Lipinski definition) is 1. The van der Waals surface area contributed by atoms with E-state index in [1.165, 1.54) is 31.2 Å². The fourth-order valence-corrected chi connectivity index (χ4v) is 4.62. The van der Waals surface area contributed by atoms with E-state index in [1.807, 2.05) is 0 Å². The molecule has 0 radical (unpaired) electrons. The average molecular weight is 361 g/mol. The van der Waals surface area contributed by atoms with Gasteiger partial charge in [0.05, 0.1) is 11.6 Å². The quantitative estimate of drug-likeness (QED) is 0.888. The first-order valence-corrected chi connectivity index (χ1v) is 8.48. The van der Waals surface area contributed by atoms with E-state index < -0.39 is 22.1 Å². The molecule has 1 aromatic heterocycles. The molecule has 2 heterocycles. The predicted molar refractivity (Wildman–Crippen MR) is 80.0 cm³/mol. The van der Waals surface area contributed by atoms with E-state index in [1.54, 1.807) is 0 Å². The van der Waals surface area contributed by atoms with Gasteiger partial charge in [0.1, 0.15) is 0 Å². The zero-order valence-corrected chi connectivity index (χ0v) is 13.4. The molecule has 3 rings (SSSR count). The molecule has 1 aliphatic heterocycles. The maximum absolute atomic E-state index is 13.2. The smallest absolute Gasteiger partial charge is 0.380 e. The van der Waals surface area contributed by atoms with Crippen LogP contribution in [0.2, 0.25) is 0 Å². The molecular formula is C14H14F3N3O3S. The van der Waals surface area contributed by atoms with Crippen LogP contribution in [0.5, 0.6) is 0 Å². The summed E-state index contributed by atoms with van der Waals surface area (Å²) in [4.78, 5) is -0.317. The molecule has 0 fully saturated rings. The molecule has 1 unspecified atom stereocenters. The molecule has 0 saturated carbocycles. The van der Waals surface area contributed by atoms with Crippen molar-refractivity contribution >= 4 is 21.5 Å². The number of alkyl halides is 3. The maximum atomic E-state index is 13.2. The molecule has 0 spiro atoms. The summed E-state index contributed by atoms with van der Waals surface area (Å²) >= 11 is 0. The zero-order valence-electron chi connectivity index (χ0n) is 12.5. The second-order valence-corrected chi connectivity index (χ2v) is 7.27. The first kappa shape index (κ1) is 16.6. The number of nitrogen functional groups attached to an aromatic ring is 1. The number of para-hydroxylation sites is 1. The van der Waals surface area contributed by atoms with Gasteiger partial charge < -0.3 is 10.3 Å². The lowest BCUT2D eigenvalue weighted by atomic mass is 9.90. The number of sulfonamides is 1. The third-order valence-corrected chi connectivity index (χ3v) is 5.95. The van der Waals surface area contributed by atoms with Crippen LogP contribution in [0.1, 0.15) is 23.7 Å². The van der Waals surface area contributed by atoms with Gasteiger partial charge in [-0.1, -0.05) is 23.4 Å². The molecule has 2 N–H and O–H groups in total. The van der Waals surface area contributed by atoms with Crippen molar-refractivity contribution < 1.29 is 26.1 Å². The SMILES string of the molecule is Cc1onc(N)c1S(=O)(=O)N1CCC(C(F)(F)F)c2ccccc21. The molecule has 1 aromatic carbocycles. The van der Waals surface area contributed by atoms with E-state index in [0.717, 1.165) is 4.31 Å². The number of halogens is 3. The Morgan fingerprint density at radius 1 is 1.33 bits per heavy atom. The Kier molecular flexibility index (Phi) is 3.74. The van der Waals surface area contributed by atoms with Gasteiger partial charge in [0.15, 0.2) is 16.5 Å². The van der Waals surface area contributed by atoms with Gasteiger partial charge in [-0.15, -0.1) is 0 Å². The molecule has 1 aliphatic rings. The summed E-state index contributed by atoms with van der Waals surface area (Å²) in [7, 11) is -4.18. The number of aromatic nitrogens is 1. The van der Waals surface area contributed by atoms with E-state index >= 15 is 0 Å². The van der Waals surface area contributed by atoms with Crippen LogP contribution in [0.3, 0.4) is 0 Å². The number of fused-ring (bicyclic) bond motifs is 1. The number of nitrogens with zero attached hydrogens (tertiary/aromatic N) is 2. The molecule has 1 atom stereocenters. The molecule has 6 nitrogen and oxygen atoms in total. The Morgan fingerprint density at radius 3 is 2.58 bits per heavy atom. The van der Waals surface area contributed by atoms with Crippen molar-refractivity contribution in [1.82, 2.24) is 5.16 Å². The highest BCUT2D eigenvalue weighted by molar-refractivity contribution is 7.93. The first-order chi connectivity index (χ1) is 11.1. The number of nitrogens with two attached hydrogens (primary N) is 1. The molecule has 0 aliphatic carbocycles. The molecule has 10 heteroatoms. The predicted octanol–water partition coefficient (Wildman–Crippen LogP) is 2.81. The minimum absolute atomic E-state index is 0.00826. The zero-order chi connectivity index (χ0) is 17.7. The lowest BCUT2D eigenvalue weighted by molar-refractivity contribution is -0.151. The standard InChI is InChI=1S/C14H14F3N3O3S/c1-8-12(13(18)19-23-8)24(21,22)20-7-6-10(14(15,16)17)9-4-2-3-5-11(9)20/h2-5,10H,6-7H2,1H3,(H2,18,19). The van der Waals surface area contributed by atoms with Gasteiger partial charge in [0, 0.05) is 6.54 Å². The number of aryl methyl sites for hydroxylation is 1. The molecule has 24 heavy (non-hydrogen) atoms. The number of benzene rings is 1. The summed E-state index contributed by atoms with van der Waals surface area (Å²) in [6.45, 7) is 1.07. The van der Waals surface area contributed by atoms with E-state index in [2.05, 4.69) is 5.16 Å². The van der Waals surface area contributed by atoms with Crippen molar-refractivity contribution in [3.63, 3.8) is 0 Å². The fraction of sp³-hybridized carbons (Fsp3) is 0.357. The second-order valence-electron chi connectivity index (χ2n) is 5.47. The summed E-state index contributed by atoms with van der Waals surface area (Å²) in [5.74, 6) is -2.04. The van der Waals surface area contributed by atoms with E-state index in [-0.39, 0.29) is 40.7 Å². The Balaban J connectivity index is 2.14. The van der Waals surface area contributed by atoms with Crippen LogP contribution in [0.25, 0.3) is 0 Å². The van der Waals surface area contributed by atoms with Crippen molar-refractivity contribution in [2.75, 3.05) is 16.6 Å². The van der Waals surface area contributed by atoms with Gasteiger partial charge in [-0.05, 0) is 25.0 Å². The van der Waals surface area contributed by atoms with Crippen molar-refractivity contribution in [3.05, 3.63) is 35.6 Å². The first-order valence-electron chi connectivity index (χ1n) is 7.04. The average Bonchev–Trinajstić information content (AvgIpc) is 2.84. The van der Waals surface area contributed by atoms with E-state index in [9.17, 15) is 21.6 Å². The van der Waals surface area contributed by atoms with Crippen molar-refractivity contribution in [1.29, 1.82) is 0 Å². The number of hydrogen-bond acceptors (Lipinski definition) is 5. The normalized spacial score (nSPS) is 18.5. The minimum Gasteiger partial charge on any atom is -0.380 e. The van der Waals surface area contributed by atoms with Crippen LogP contribution in [0.15, 0.2) is 33.7 Å². The van der Waals surface area contributed by atoms with Gasteiger partial charge in [-0.25, -0.2) is 8.42 Å². The topological polar surface area (TPSA) is 89.4 Å². The van der Waals surface area contributed by atoms with Crippen molar-refractivity contribution in [2.45, 2.75) is 30.3 Å². The molecular weight excluding hydrogens is 347 g/mol. The fourth-order valence-electron chi connectivity index (χ4n) is 2.93. The third kappa shape index (κ3) is 2.50. The molecule has 0 amide bonds. The van der Waals surface area contributed by atoms with Crippen LogP contribution in [-0.2, 0) is 10.0 Å². The van der Waals surface area contributed by atoms with Crippen LogP contribution in [-0.4, -0.2) is 26.3 Å². The summed E-state index contributed by atoms with van der Waals surface area (Å²) in [5.41, 5.74) is 5.48. The van der Waals surface area contributed by atoms with Gasteiger partial charge in [-0.3, -0.25) is 4.31 Å². The van der Waals surface area contributed by atoms with Gasteiger partial charge in [0.2, 0.25) is 0 Å². The Labute approximate surface area is 136 Å². The lowest BCUT2D eigenvalue weighted by Crippen LogP contribution is -2.40. The highest BCUT2D eigenvalue weighted by Gasteiger charge is 2.46. The molecule has 2 aromatic rings. The van der Waals surface area contributed by atoms with E-state index in [4.69, 9.17) is 10.3 Å². The molecule has 0 saturated heterocycles. The van der Waals surface area contributed by atoms with Crippen LogP contribution >= 0.6 is 0 Å². The highest BCUT2D eigenvalue weighted by Crippen LogP contribution is 2.46. The summed E-state index contributed by atoms with van der Waals surface area (Å²) in [6.07, 6.45) is -4.82. The van der Waals surface area contributed by atoms with Crippen molar-refractivity contribution in [2.24, 2.45) is 0 Å². The second kappa shape index (κ2) is 5.40. The number of rotatable bonds is 2. The summed E-state index contributed by atoms with van der Waals surface area (Å²) < 4.78 is 71.2. The van der Waals surface area contributed by atoms with Crippen LogP contribution in [0.4, 0.5) is 24.7 Å². The molecule has 130 valence electrons. The van der Waals surface area contributed by atoms with E-state index in [0.29, 0.717) is 0 Å². The van der Waals surface area contributed by atoms with Gasteiger partial charge in [-0.2, -0.15) is 13.2 Å². The van der Waals surface area contributed by atoms with Crippen molar-refractivity contribution in [3.8, 4) is 0 Å². The van der Waals surface area contributed by atoms with Crippen LogP contribution in [0, 0.1) is 6.92 Å². The summed E-state index contributed by atoms with van der Waals surface area (Å²) in [5, 5.41) is 3.40. The Morgan fingerprint density at radius 2 is 2.00 bits per heavy atom. The van der Waals surface area contributed by atoms with Gasteiger partial charge in [0.25, 0.3) is 10.0 Å². The Bertz CT molecular complexity index is 857. The summed E-state index contributed by atoms with van der Waals surface area (Å²) in [6, 6.07) is 5.58. The monoisotopic (exact) mass is 361 g/mol. The number of anilines is 2. The lowest BCUT2D eigenvalue weighted by Gasteiger charge is -2.35. The maximum Gasteiger partial charge on any atom is 0.395 e.